The smallest absolute Gasteiger partial charge is 0.191 e. The molecule has 0 saturated heterocycles. The van der Waals surface area contributed by atoms with Gasteiger partial charge in [-0.1, -0.05) is 12.1 Å². The lowest BCUT2D eigenvalue weighted by Gasteiger charge is -2.18. The molecule has 0 saturated carbocycles. The molecule has 0 aliphatic carbocycles. The van der Waals surface area contributed by atoms with Crippen LogP contribution in [0, 0.1) is 5.82 Å². The van der Waals surface area contributed by atoms with E-state index < -0.39 is 0 Å². The number of pyridine rings is 1. The standard InChI is InChI=1S/C20H28FN5O.HI/c1-5-22-20(25-14-16-8-7-11-23-19(16)26(3)4)24-13-15(2)27-18-10-6-9-17(21)12-18;/h6-12,15H,5,13-14H2,1-4H3,(H2,22,24,25);1H. The molecule has 1 heterocycles. The van der Waals surface area contributed by atoms with Crippen LogP contribution in [-0.2, 0) is 6.54 Å². The number of rotatable bonds is 8. The van der Waals surface area contributed by atoms with Crippen LogP contribution in [0.1, 0.15) is 19.4 Å². The van der Waals surface area contributed by atoms with Gasteiger partial charge in [0.15, 0.2) is 5.96 Å². The van der Waals surface area contributed by atoms with Gasteiger partial charge < -0.3 is 20.3 Å². The first-order valence-corrected chi connectivity index (χ1v) is 9.05. The summed E-state index contributed by atoms with van der Waals surface area (Å²) in [6, 6.07) is 10.1. The topological polar surface area (TPSA) is 61.8 Å². The molecule has 8 heteroatoms. The zero-order valence-electron chi connectivity index (χ0n) is 16.8. The van der Waals surface area contributed by atoms with E-state index >= 15 is 0 Å². The summed E-state index contributed by atoms with van der Waals surface area (Å²) >= 11 is 0. The number of benzene rings is 1. The van der Waals surface area contributed by atoms with E-state index in [1.54, 1.807) is 18.3 Å². The molecular weight excluding hydrogens is 472 g/mol. The maximum atomic E-state index is 13.2. The molecule has 2 rings (SSSR count). The van der Waals surface area contributed by atoms with Crippen molar-refractivity contribution in [2.75, 3.05) is 32.1 Å². The van der Waals surface area contributed by atoms with Crippen molar-refractivity contribution in [3.8, 4) is 5.75 Å². The van der Waals surface area contributed by atoms with E-state index in [0.717, 1.165) is 17.9 Å². The van der Waals surface area contributed by atoms with Crippen LogP contribution in [0.25, 0.3) is 0 Å². The van der Waals surface area contributed by atoms with Gasteiger partial charge in [-0.2, -0.15) is 0 Å². The number of halogens is 2. The number of hydrogen-bond donors (Lipinski definition) is 2. The zero-order chi connectivity index (χ0) is 19.6. The Morgan fingerprint density at radius 3 is 2.71 bits per heavy atom. The second-order valence-corrected chi connectivity index (χ2v) is 6.34. The van der Waals surface area contributed by atoms with Crippen molar-refractivity contribution >= 4 is 35.8 Å². The summed E-state index contributed by atoms with van der Waals surface area (Å²) in [5.41, 5.74) is 1.05. The maximum Gasteiger partial charge on any atom is 0.191 e. The Balaban J connectivity index is 0.00000392. The van der Waals surface area contributed by atoms with E-state index in [4.69, 9.17) is 4.74 Å². The number of nitrogens with one attached hydrogen (secondary N) is 2. The summed E-state index contributed by atoms with van der Waals surface area (Å²) in [5.74, 6) is 1.80. The molecule has 2 N–H and O–H groups in total. The van der Waals surface area contributed by atoms with Crippen LogP contribution in [0.15, 0.2) is 47.6 Å². The Bertz CT molecular complexity index is 757. The van der Waals surface area contributed by atoms with E-state index in [1.165, 1.54) is 12.1 Å². The first-order valence-electron chi connectivity index (χ1n) is 9.05. The molecule has 0 bridgehead atoms. The van der Waals surface area contributed by atoms with Crippen molar-refractivity contribution in [1.82, 2.24) is 15.6 Å². The SMILES string of the molecule is CCNC(=NCc1cccnc1N(C)C)NCC(C)Oc1cccc(F)c1.I. The highest BCUT2D eigenvalue weighted by Gasteiger charge is 2.08. The summed E-state index contributed by atoms with van der Waals surface area (Å²) in [6.45, 7) is 5.73. The van der Waals surface area contributed by atoms with Crippen molar-refractivity contribution in [2.45, 2.75) is 26.5 Å². The highest BCUT2D eigenvalue weighted by molar-refractivity contribution is 14.0. The summed E-state index contributed by atoms with van der Waals surface area (Å²) in [6.07, 6.45) is 1.63. The molecule has 28 heavy (non-hydrogen) atoms. The zero-order valence-corrected chi connectivity index (χ0v) is 19.1. The van der Waals surface area contributed by atoms with E-state index in [2.05, 4.69) is 20.6 Å². The predicted molar refractivity (Wildman–Crippen MR) is 123 cm³/mol. The molecule has 0 aliphatic heterocycles. The quantitative estimate of drug-likeness (QED) is 0.330. The number of aromatic nitrogens is 1. The number of hydrogen-bond acceptors (Lipinski definition) is 4. The lowest BCUT2D eigenvalue weighted by molar-refractivity contribution is 0.223. The summed E-state index contributed by atoms with van der Waals surface area (Å²) in [7, 11) is 3.93. The van der Waals surface area contributed by atoms with Crippen LogP contribution >= 0.6 is 24.0 Å². The lowest BCUT2D eigenvalue weighted by Crippen LogP contribution is -2.41. The van der Waals surface area contributed by atoms with E-state index in [9.17, 15) is 4.39 Å². The minimum Gasteiger partial charge on any atom is -0.489 e. The molecule has 1 unspecified atom stereocenters. The van der Waals surface area contributed by atoms with Crippen LogP contribution in [0.5, 0.6) is 5.75 Å². The first-order chi connectivity index (χ1) is 13.0. The predicted octanol–water partition coefficient (Wildman–Crippen LogP) is 3.43. The first kappa shape index (κ1) is 23.9. The fourth-order valence-electron chi connectivity index (χ4n) is 2.52. The van der Waals surface area contributed by atoms with Gasteiger partial charge in [-0.3, -0.25) is 0 Å². The molecule has 0 fully saturated rings. The third-order valence-corrected chi connectivity index (χ3v) is 3.73. The van der Waals surface area contributed by atoms with Crippen LogP contribution in [0.2, 0.25) is 0 Å². The molecule has 154 valence electrons. The van der Waals surface area contributed by atoms with Gasteiger partial charge in [0.2, 0.25) is 0 Å². The molecule has 0 aliphatic rings. The lowest BCUT2D eigenvalue weighted by atomic mass is 10.2. The molecule has 1 aromatic carbocycles. The summed E-state index contributed by atoms with van der Waals surface area (Å²) in [5, 5.41) is 6.48. The second kappa shape index (κ2) is 12.4. The fraction of sp³-hybridized carbons (Fsp3) is 0.400. The van der Waals surface area contributed by atoms with Gasteiger partial charge in [0, 0.05) is 38.5 Å². The average Bonchev–Trinajstić information content (AvgIpc) is 2.64. The van der Waals surface area contributed by atoms with Crippen LogP contribution in [-0.4, -0.2) is 44.2 Å². The Morgan fingerprint density at radius 2 is 2.04 bits per heavy atom. The monoisotopic (exact) mass is 501 g/mol. The highest BCUT2D eigenvalue weighted by Crippen LogP contribution is 2.15. The fourth-order valence-corrected chi connectivity index (χ4v) is 2.52. The molecule has 6 nitrogen and oxygen atoms in total. The molecule has 0 amide bonds. The van der Waals surface area contributed by atoms with Gasteiger partial charge in [0.1, 0.15) is 23.5 Å². The molecule has 0 radical (unpaired) electrons. The van der Waals surface area contributed by atoms with Crippen LogP contribution in [0.3, 0.4) is 0 Å². The molecular formula is C20H29FIN5O. The third-order valence-electron chi connectivity index (χ3n) is 3.73. The van der Waals surface area contributed by atoms with Gasteiger partial charge in [-0.15, -0.1) is 24.0 Å². The minimum atomic E-state index is -0.310. The summed E-state index contributed by atoms with van der Waals surface area (Å²) < 4.78 is 19.0. The second-order valence-electron chi connectivity index (χ2n) is 6.34. The Labute approximate surface area is 183 Å². The molecule has 2 aromatic rings. The van der Waals surface area contributed by atoms with Gasteiger partial charge in [0.05, 0.1) is 13.1 Å². The number of anilines is 1. The van der Waals surface area contributed by atoms with E-state index in [0.29, 0.717) is 24.8 Å². The van der Waals surface area contributed by atoms with Crippen molar-refractivity contribution in [3.05, 3.63) is 54.0 Å². The van der Waals surface area contributed by atoms with Gasteiger partial charge in [-0.05, 0) is 32.0 Å². The van der Waals surface area contributed by atoms with Crippen LogP contribution < -0.4 is 20.3 Å². The largest absolute Gasteiger partial charge is 0.489 e. The van der Waals surface area contributed by atoms with Gasteiger partial charge >= 0.3 is 0 Å². The van der Waals surface area contributed by atoms with Gasteiger partial charge in [0.25, 0.3) is 0 Å². The van der Waals surface area contributed by atoms with Gasteiger partial charge in [-0.25, -0.2) is 14.4 Å². The Kier molecular flexibility index (Phi) is 10.6. The number of nitrogens with zero attached hydrogens (tertiary/aromatic N) is 3. The van der Waals surface area contributed by atoms with E-state index in [1.807, 2.05) is 45.0 Å². The average molecular weight is 501 g/mol. The van der Waals surface area contributed by atoms with E-state index in [-0.39, 0.29) is 35.9 Å². The molecule has 0 spiro atoms. The van der Waals surface area contributed by atoms with Crippen molar-refractivity contribution < 1.29 is 9.13 Å². The Morgan fingerprint density at radius 1 is 1.25 bits per heavy atom. The molecule has 1 atom stereocenters. The highest BCUT2D eigenvalue weighted by atomic mass is 127. The van der Waals surface area contributed by atoms with Crippen molar-refractivity contribution in [1.29, 1.82) is 0 Å². The normalized spacial score (nSPS) is 12.0. The van der Waals surface area contributed by atoms with Crippen LogP contribution in [0.4, 0.5) is 10.2 Å². The maximum absolute atomic E-state index is 13.2. The Hall–Kier alpha value is -2.10. The van der Waals surface area contributed by atoms with Crippen molar-refractivity contribution in [2.24, 2.45) is 4.99 Å². The number of aliphatic imine (C=N–C) groups is 1. The summed E-state index contributed by atoms with van der Waals surface area (Å²) in [4.78, 5) is 11.0. The third kappa shape index (κ3) is 7.87. The minimum absolute atomic E-state index is 0. The number of ether oxygens (including phenoxy) is 1. The van der Waals surface area contributed by atoms with Crippen molar-refractivity contribution in [3.63, 3.8) is 0 Å². The molecule has 1 aromatic heterocycles. The number of guanidine groups is 1.